The van der Waals surface area contributed by atoms with Crippen molar-refractivity contribution in [2.45, 2.75) is 24.7 Å². The van der Waals surface area contributed by atoms with E-state index in [9.17, 15) is 9.59 Å². The molecule has 1 aromatic carbocycles. The van der Waals surface area contributed by atoms with Gasteiger partial charge in [0.1, 0.15) is 5.75 Å². The summed E-state index contributed by atoms with van der Waals surface area (Å²) in [5.74, 6) is -0.771. The molecule has 0 radical (unpaired) electrons. The van der Waals surface area contributed by atoms with Crippen molar-refractivity contribution in [3.8, 4) is 5.75 Å². The van der Waals surface area contributed by atoms with Crippen molar-refractivity contribution in [3.63, 3.8) is 0 Å². The summed E-state index contributed by atoms with van der Waals surface area (Å²) in [5.41, 5.74) is 0.590. The summed E-state index contributed by atoms with van der Waals surface area (Å²) in [5, 5.41) is 2.72. The molecular weight excluding hydrogens is 300 g/mol. The number of ether oxygens (including phenoxy) is 3. The van der Waals surface area contributed by atoms with Gasteiger partial charge >= 0.3 is 0 Å². The van der Waals surface area contributed by atoms with Crippen LogP contribution < -0.4 is 10.1 Å². The maximum absolute atomic E-state index is 12.6. The van der Waals surface area contributed by atoms with Crippen molar-refractivity contribution in [3.05, 3.63) is 24.3 Å². The molecule has 3 aliphatic rings. The topological polar surface area (TPSA) is 77.1 Å². The zero-order valence-corrected chi connectivity index (χ0v) is 12.6. The highest BCUT2D eigenvalue weighted by Gasteiger charge is 2.44. The van der Waals surface area contributed by atoms with Crippen LogP contribution in [0.25, 0.3) is 0 Å². The summed E-state index contributed by atoms with van der Waals surface area (Å²) in [6, 6.07) is 7.08. The highest BCUT2D eigenvalue weighted by atomic mass is 16.7. The van der Waals surface area contributed by atoms with E-state index in [-0.39, 0.29) is 5.91 Å². The van der Waals surface area contributed by atoms with Crippen molar-refractivity contribution in [2.24, 2.45) is 0 Å². The molecule has 1 unspecified atom stereocenters. The number of piperidine rings is 1. The number of rotatable bonds is 1. The van der Waals surface area contributed by atoms with Crippen LogP contribution in [0.2, 0.25) is 0 Å². The van der Waals surface area contributed by atoms with Crippen LogP contribution in [0, 0.1) is 0 Å². The zero-order chi connectivity index (χ0) is 15.9. The largest absolute Gasteiger partial charge is 0.468 e. The fourth-order valence-corrected chi connectivity index (χ4v) is 3.23. The Morgan fingerprint density at radius 2 is 1.87 bits per heavy atom. The molecule has 2 saturated heterocycles. The molecule has 1 spiro atoms. The first-order valence-corrected chi connectivity index (χ1v) is 7.80. The van der Waals surface area contributed by atoms with E-state index in [2.05, 4.69) is 5.32 Å². The molecule has 2 amide bonds. The van der Waals surface area contributed by atoms with Crippen LogP contribution in [0.4, 0.5) is 5.69 Å². The summed E-state index contributed by atoms with van der Waals surface area (Å²) >= 11 is 0. The Hall–Kier alpha value is -2.12. The first-order chi connectivity index (χ1) is 11.2. The average Bonchev–Trinajstić information content (AvgIpc) is 3.02. The number of amides is 2. The Morgan fingerprint density at radius 1 is 1.17 bits per heavy atom. The molecule has 2 fully saturated rings. The van der Waals surface area contributed by atoms with Crippen molar-refractivity contribution in [1.82, 2.24) is 4.90 Å². The van der Waals surface area contributed by atoms with Crippen molar-refractivity contribution in [1.29, 1.82) is 0 Å². The van der Waals surface area contributed by atoms with Crippen LogP contribution in [-0.4, -0.2) is 54.9 Å². The summed E-state index contributed by atoms with van der Waals surface area (Å²) < 4.78 is 16.9. The van der Waals surface area contributed by atoms with Crippen molar-refractivity contribution >= 4 is 17.5 Å². The fourth-order valence-electron chi connectivity index (χ4n) is 3.23. The van der Waals surface area contributed by atoms with Crippen LogP contribution in [0.3, 0.4) is 0 Å². The molecule has 122 valence electrons. The normalized spacial score (nSPS) is 25.7. The molecule has 4 rings (SSSR count). The lowest BCUT2D eigenvalue weighted by Crippen LogP contribution is -2.54. The Balaban J connectivity index is 1.44. The first-order valence-electron chi connectivity index (χ1n) is 7.80. The maximum Gasteiger partial charge on any atom is 0.275 e. The second-order valence-electron chi connectivity index (χ2n) is 5.92. The van der Waals surface area contributed by atoms with E-state index in [1.807, 2.05) is 0 Å². The second kappa shape index (κ2) is 5.50. The molecule has 0 aromatic heterocycles. The monoisotopic (exact) mass is 318 g/mol. The Kier molecular flexibility index (Phi) is 3.46. The van der Waals surface area contributed by atoms with E-state index >= 15 is 0 Å². The van der Waals surface area contributed by atoms with Gasteiger partial charge in [-0.2, -0.15) is 0 Å². The van der Waals surface area contributed by atoms with E-state index in [1.54, 1.807) is 29.2 Å². The smallest absolute Gasteiger partial charge is 0.275 e. The lowest BCUT2D eigenvalue weighted by Gasteiger charge is -2.39. The molecular formula is C16H18N2O5. The zero-order valence-electron chi connectivity index (χ0n) is 12.6. The van der Waals surface area contributed by atoms with Gasteiger partial charge in [0.2, 0.25) is 0 Å². The van der Waals surface area contributed by atoms with E-state index in [0.29, 0.717) is 50.6 Å². The lowest BCUT2D eigenvalue weighted by molar-refractivity contribution is -0.189. The van der Waals surface area contributed by atoms with Crippen LogP contribution in [-0.2, 0) is 19.1 Å². The van der Waals surface area contributed by atoms with E-state index in [4.69, 9.17) is 14.2 Å². The number of nitrogens with zero attached hydrogens (tertiary/aromatic N) is 1. The maximum atomic E-state index is 12.6. The molecule has 7 nitrogen and oxygen atoms in total. The number of anilines is 1. The van der Waals surface area contributed by atoms with E-state index in [0.717, 1.165) is 0 Å². The third-order valence-electron chi connectivity index (χ3n) is 4.50. The standard InChI is InChI=1S/C16H18N2O5/c19-14-13(23-12-4-2-1-3-11(12)17-14)15(20)18-7-5-16(6-8-18)21-9-10-22-16/h1-4,13H,5-10H2,(H,17,19). The Morgan fingerprint density at radius 3 is 2.61 bits per heavy atom. The molecule has 0 saturated carbocycles. The number of hydrogen-bond acceptors (Lipinski definition) is 5. The Labute approximate surface area is 133 Å². The van der Waals surface area contributed by atoms with Crippen molar-refractivity contribution in [2.75, 3.05) is 31.6 Å². The van der Waals surface area contributed by atoms with E-state index < -0.39 is 17.8 Å². The third-order valence-corrected chi connectivity index (χ3v) is 4.50. The van der Waals surface area contributed by atoms with E-state index in [1.165, 1.54) is 0 Å². The number of fused-ring (bicyclic) bond motifs is 1. The number of benzene rings is 1. The number of carbonyl (C=O) groups excluding carboxylic acids is 2. The van der Waals surface area contributed by atoms with Gasteiger partial charge in [0.15, 0.2) is 5.79 Å². The van der Waals surface area contributed by atoms with Gasteiger partial charge in [-0.15, -0.1) is 0 Å². The minimum atomic E-state index is -1.13. The van der Waals surface area contributed by atoms with Gasteiger partial charge < -0.3 is 24.4 Å². The van der Waals surface area contributed by atoms with Crippen molar-refractivity contribution < 1.29 is 23.8 Å². The number of para-hydroxylation sites is 2. The molecule has 7 heteroatoms. The molecule has 23 heavy (non-hydrogen) atoms. The molecule has 3 aliphatic heterocycles. The van der Waals surface area contributed by atoms with Gasteiger partial charge in [-0.3, -0.25) is 9.59 Å². The number of carbonyl (C=O) groups is 2. The number of likely N-dealkylation sites (tertiary alicyclic amines) is 1. The fraction of sp³-hybridized carbons (Fsp3) is 0.500. The molecule has 3 heterocycles. The molecule has 0 bridgehead atoms. The molecule has 1 atom stereocenters. The minimum Gasteiger partial charge on any atom is -0.468 e. The van der Waals surface area contributed by atoms with Crippen LogP contribution in [0.5, 0.6) is 5.75 Å². The summed E-state index contributed by atoms with van der Waals surface area (Å²) in [6.45, 7) is 2.18. The molecule has 0 aliphatic carbocycles. The van der Waals surface area contributed by atoms with Gasteiger partial charge in [0.05, 0.1) is 18.9 Å². The third kappa shape index (κ3) is 2.55. The average molecular weight is 318 g/mol. The number of nitrogens with one attached hydrogen (secondary N) is 1. The second-order valence-corrected chi connectivity index (χ2v) is 5.92. The highest BCUT2D eigenvalue weighted by Crippen LogP contribution is 2.33. The summed E-state index contributed by atoms with van der Waals surface area (Å²) in [6.07, 6.45) is 0.0946. The minimum absolute atomic E-state index is 0.315. The van der Waals surface area contributed by atoms with Gasteiger partial charge in [0, 0.05) is 25.9 Å². The predicted molar refractivity (Wildman–Crippen MR) is 79.9 cm³/mol. The number of hydrogen-bond donors (Lipinski definition) is 1. The molecule has 1 N–H and O–H groups in total. The van der Waals surface area contributed by atoms with Gasteiger partial charge in [-0.05, 0) is 12.1 Å². The predicted octanol–water partition coefficient (Wildman–Crippen LogP) is 0.752. The van der Waals surface area contributed by atoms with Crippen LogP contribution >= 0.6 is 0 Å². The van der Waals surface area contributed by atoms with Gasteiger partial charge in [-0.25, -0.2) is 0 Å². The van der Waals surface area contributed by atoms with Crippen LogP contribution in [0.15, 0.2) is 24.3 Å². The van der Waals surface area contributed by atoms with Crippen LogP contribution in [0.1, 0.15) is 12.8 Å². The van der Waals surface area contributed by atoms with Gasteiger partial charge in [0.25, 0.3) is 17.9 Å². The highest BCUT2D eigenvalue weighted by molar-refractivity contribution is 6.11. The molecule has 1 aromatic rings. The SMILES string of the molecule is O=C1Nc2ccccc2OC1C(=O)N1CCC2(CC1)OCCO2. The summed E-state index contributed by atoms with van der Waals surface area (Å²) in [4.78, 5) is 26.4. The quantitative estimate of drug-likeness (QED) is 0.773. The lowest BCUT2D eigenvalue weighted by atomic mass is 10.0. The summed E-state index contributed by atoms with van der Waals surface area (Å²) in [7, 11) is 0. The first kappa shape index (κ1) is 14.5. The Bertz CT molecular complexity index is 631. The van der Waals surface area contributed by atoms with Gasteiger partial charge in [-0.1, -0.05) is 12.1 Å².